The number of hydrogen-bond acceptors (Lipinski definition) is 6. The average molecular weight is 259 g/mol. The summed E-state index contributed by atoms with van der Waals surface area (Å²) < 4.78 is 9.61. The van der Waals surface area contributed by atoms with Crippen LogP contribution in [0.25, 0.3) is 0 Å². The van der Waals surface area contributed by atoms with Crippen molar-refractivity contribution in [1.29, 1.82) is 0 Å². The average Bonchev–Trinajstić information content (AvgIpc) is 2.71. The van der Waals surface area contributed by atoms with Gasteiger partial charge in [0.1, 0.15) is 6.61 Å². The molecule has 0 N–H and O–H groups in total. The zero-order valence-corrected chi connectivity index (χ0v) is 10.5. The van der Waals surface area contributed by atoms with E-state index >= 15 is 0 Å². The molecule has 7 nitrogen and oxygen atoms in total. The van der Waals surface area contributed by atoms with Crippen molar-refractivity contribution >= 4 is 11.9 Å². The molecule has 1 fully saturated rings. The number of ether oxygens (including phenoxy) is 2. The van der Waals surface area contributed by atoms with Gasteiger partial charge in [0.05, 0.1) is 12.5 Å². The van der Waals surface area contributed by atoms with Gasteiger partial charge < -0.3 is 9.47 Å². The molecule has 0 aromatic heterocycles. The summed E-state index contributed by atoms with van der Waals surface area (Å²) in [5, 5.41) is 11.3. The number of carbonyl (C=O) groups is 2. The standard InChI is InChI=1S/C11H17NO6/c1-3-17-10(14)11(12(15)16)6-4-5-9(11)7-18-8(2)13/h9H,3-7H2,1-2H3/t9?,11-/m0/s1. The predicted molar refractivity (Wildman–Crippen MR) is 60.3 cm³/mol. The third kappa shape index (κ3) is 2.60. The van der Waals surface area contributed by atoms with Crippen LogP contribution in [0.4, 0.5) is 0 Å². The lowest BCUT2D eigenvalue weighted by Gasteiger charge is -2.24. The van der Waals surface area contributed by atoms with Gasteiger partial charge in [-0.3, -0.25) is 14.9 Å². The van der Waals surface area contributed by atoms with Crippen molar-refractivity contribution in [3.63, 3.8) is 0 Å². The Kier molecular flexibility index (Phi) is 4.63. The Balaban J connectivity index is 2.90. The second-order valence-electron chi connectivity index (χ2n) is 4.29. The van der Waals surface area contributed by atoms with E-state index in [0.717, 1.165) is 0 Å². The molecule has 2 atom stereocenters. The highest BCUT2D eigenvalue weighted by atomic mass is 16.6. The first-order chi connectivity index (χ1) is 8.45. The summed E-state index contributed by atoms with van der Waals surface area (Å²) in [7, 11) is 0. The van der Waals surface area contributed by atoms with Gasteiger partial charge in [-0.25, -0.2) is 4.79 Å². The molecule has 0 bridgehead atoms. The number of nitro groups is 1. The van der Waals surface area contributed by atoms with Gasteiger partial charge in [0.15, 0.2) is 0 Å². The highest BCUT2D eigenvalue weighted by Crippen LogP contribution is 2.39. The molecule has 102 valence electrons. The molecule has 1 rings (SSSR count). The van der Waals surface area contributed by atoms with E-state index in [9.17, 15) is 19.7 Å². The maximum atomic E-state index is 11.9. The van der Waals surface area contributed by atoms with Gasteiger partial charge in [0.2, 0.25) is 0 Å². The lowest BCUT2D eigenvalue weighted by atomic mass is 9.88. The van der Waals surface area contributed by atoms with E-state index in [1.807, 2.05) is 0 Å². The van der Waals surface area contributed by atoms with Crippen LogP contribution in [0.1, 0.15) is 33.1 Å². The zero-order chi connectivity index (χ0) is 13.8. The molecular weight excluding hydrogens is 242 g/mol. The summed E-state index contributed by atoms with van der Waals surface area (Å²) in [6, 6.07) is 0. The maximum Gasteiger partial charge on any atom is 0.385 e. The molecule has 0 aromatic rings. The van der Waals surface area contributed by atoms with Crippen LogP contribution in [-0.2, 0) is 19.1 Å². The van der Waals surface area contributed by atoms with Crippen LogP contribution in [0, 0.1) is 16.0 Å². The monoisotopic (exact) mass is 259 g/mol. The van der Waals surface area contributed by atoms with Gasteiger partial charge in [-0.1, -0.05) is 0 Å². The molecule has 1 aliphatic carbocycles. The van der Waals surface area contributed by atoms with E-state index < -0.39 is 28.3 Å². The van der Waals surface area contributed by atoms with Crippen LogP contribution in [0.5, 0.6) is 0 Å². The van der Waals surface area contributed by atoms with Crippen LogP contribution in [0.3, 0.4) is 0 Å². The fourth-order valence-corrected chi connectivity index (χ4v) is 2.34. The van der Waals surface area contributed by atoms with Crippen LogP contribution in [0.15, 0.2) is 0 Å². The zero-order valence-electron chi connectivity index (χ0n) is 10.5. The Morgan fingerprint density at radius 1 is 1.44 bits per heavy atom. The third-order valence-electron chi connectivity index (χ3n) is 3.23. The van der Waals surface area contributed by atoms with Gasteiger partial charge in [-0.2, -0.15) is 0 Å². The third-order valence-corrected chi connectivity index (χ3v) is 3.23. The van der Waals surface area contributed by atoms with Gasteiger partial charge in [-0.15, -0.1) is 0 Å². The first-order valence-corrected chi connectivity index (χ1v) is 5.90. The molecule has 0 saturated heterocycles. The van der Waals surface area contributed by atoms with Crippen molar-refractivity contribution in [2.24, 2.45) is 5.92 Å². The van der Waals surface area contributed by atoms with Gasteiger partial charge in [0.25, 0.3) is 0 Å². The molecule has 18 heavy (non-hydrogen) atoms. The van der Waals surface area contributed by atoms with E-state index in [1.165, 1.54) is 6.92 Å². The van der Waals surface area contributed by atoms with Crippen LogP contribution in [-0.4, -0.2) is 35.6 Å². The Bertz CT molecular complexity index is 355. The van der Waals surface area contributed by atoms with E-state index in [4.69, 9.17) is 9.47 Å². The second kappa shape index (κ2) is 5.79. The highest BCUT2D eigenvalue weighted by Gasteiger charge is 2.61. The molecule has 0 aliphatic heterocycles. The van der Waals surface area contributed by atoms with Gasteiger partial charge in [-0.05, 0) is 19.8 Å². The fraction of sp³-hybridized carbons (Fsp3) is 0.818. The van der Waals surface area contributed by atoms with Crippen molar-refractivity contribution in [1.82, 2.24) is 0 Å². The summed E-state index contributed by atoms with van der Waals surface area (Å²) in [5.74, 6) is -1.96. The minimum Gasteiger partial charge on any atom is -0.465 e. The molecule has 7 heteroatoms. The van der Waals surface area contributed by atoms with Crippen LogP contribution in [0.2, 0.25) is 0 Å². The fourth-order valence-electron chi connectivity index (χ4n) is 2.34. The number of hydrogen-bond donors (Lipinski definition) is 0. The maximum absolute atomic E-state index is 11.9. The topological polar surface area (TPSA) is 95.7 Å². The van der Waals surface area contributed by atoms with Crippen molar-refractivity contribution in [3.8, 4) is 0 Å². The molecule has 0 amide bonds. The first-order valence-electron chi connectivity index (χ1n) is 5.90. The van der Waals surface area contributed by atoms with Crippen LogP contribution < -0.4 is 0 Å². The van der Waals surface area contributed by atoms with Gasteiger partial charge >= 0.3 is 17.5 Å². The Morgan fingerprint density at radius 3 is 2.61 bits per heavy atom. The minimum atomic E-state index is -1.76. The van der Waals surface area contributed by atoms with Crippen LogP contribution >= 0.6 is 0 Å². The lowest BCUT2D eigenvalue weighted by Crippen LogP contribution is -2.52. The Hall–Kier alpha value is -1.66. The summed E-state index contributed by atoms with van der Waals surface area (Å²) in [5.41, 5.74) is -1.76. The van der Waals surface area contributed by atoms with E-state index in [1.54, 1.807) is 6.92 Å². The number of nitrogens with zero attached hydrogens (tertiary/aromatic N) is 1. The Labute approximate surface area is 105 Å². The van der Waals surface area contributed by atoms with Crippen molar-refractivity contribution in [2.75, 3.05) is 13.2 Å². The van der Waals surface area contributed by atoms with Gasteiger partial charge in [0, 0.05) is 18.3 Å². The van der Waals surface area contributed by atoms with E-state index in [0.29, 0.717) is 12.8 Å². The highest BCUT2D eigenvalue weighted by molar-refractivity contribution is 5.80. The number of esters is 2. The molecule has 0 spiro atoms. The second-order valence-corrected chi connectivity index (χ2v) is 4.29. The summed E-state index contributed by atoms with van der Waals surface area (Å²) in [4.78, 5) is 33.3. The molecule has 1 saturated carbocycles. The predicted octanol–water partition coefficient (Wildman–Crippen LogP) is 0.928. The summed E-state index contributed by atoms with van der Waals surface area (Å²) >= 11 is 0. The Morgan fingerprint density at radius 2 is 2.11 bits per heavy atom. The van der Waals surface area contributed by atoms with E-state index in [-0.39, 0.29) is 19.6 Å². The minimum absolute atomic E-state index is 0.0920. The molecule has 1 aliphatic rings. The van der Waals surface area contributed by atoms with E-state index in [2.05, 4.69) is 0 Å². The molecular formula is C11H17NO6. The number of carbonyl (C=O) groups excluding carboxylic acids is 2. The molecule has 0 heterocycles. The smallest absolute Gasteiger partial charge is 0.385 e. The van der Waals surface area contributed by atoms with Crippen molar-refractivity contribution in [3.05, 3.63) is 10.1 Å². The largest absolute Gasteiger partial charge is 0.465 e. The molecule has 1 unspecified atom stereocenters. The van der Waals surface area contributed by atoms with Crippen molar-refractivity contribution in [2.45, 2.75) is 38.6 Å². The normalized spacial score (nSPS) is 26.7. The summed E-state index contributed by atoms with van der Waals surface area (Å²) in [6.07, 6.45) is 1.16. The number of rotatable bonds is 5. The molecule has 0 radical (unpaired) electrons. The molecule has 0 aromatic carbocycles. The van der Waals surface area contributed by atoms with Crippen molar-refractivity contribution < 1.29 is 24.0 Å². The SMILES string of the molecule is CCOC(=O)[C@]1([N+](=O)[O-])CCCC1COC(C)=O. The lowest BCUT2D eigenvalue weighted by molar-refractivity contribution is -0.563. The quantitative estimate of drug-likeness (QED) is 0.414. The summed E-state index contributed by atoms with van der Waals surface area (Å²) in [6.45, 7) is 2.80. The first kappa shape index (κ1) is 14.4.